The molecule has 0 unspecified atom stereocenters. The molecular formula is C17H30Cl2SiZr-4. The van der Waals surface area contributed by atoms with E-state index in [1.807, 2.05) is 59.6 Å². The van der Waals surface area contributed by atoms with Crippen LogP contribution in [0.5, 0.6) is 0 Å². The van der Waals surface area contributed by atoms with Crippen molar-refractivity contribution < 1.29 is 23.3 Å². The monoisotopic (exact) mass is 422 g/mol. The average molecular weight is 425 g/mol. The van der Waals surface area contributed by atoms with E-state index in [0.717, 1.165) is 12.8 Å². The van der Waals surface area contributed by atoms with Crippen molar-refractivity contribution in [3.05, 3.63) is 60.9 Å². The zero-order valence-corrected chi connectivity index (χ0v) is 19.5. The number of hydrogen-bond acceptors (Lipinski definition) is 0. The average Bonchev–Trinajstić information content (AvgIpc) is 3.09. The van der Waals surface area contributed by atoms with Crippen LogP contribution in [0.25, 0.3) is 0 Å². The van der Waals surface area contributed by atoms with Gasteiger partial charge in [0.1, 0.15) is 0 Å². The van der Waals surface area contributed by atoms with E-state index >= 15 is 0 Å². The molecule has 4 heteroatoms. The Morgan fingerprint density at radius 2 is 1.48 bits per heavy atom. The number of hydrogen-bond donors (Lipinski definition) is 0. The van der Waals surface area contributed by atoms with E-state index in [4.69, 9.17) is 0 Å². The third-order valence-corrected chi connectivity index (χ3v) is 1.45. The molecule has 0 nitrogen and oxygen atoms in total. The minimum absolute atomic E-state index is 0. The Morgan fingerprint density at radius 3 is 1.57 bits per heavy atom. The molecule has 2 aliphatic rings. The molecule has 0 aliphatic heterocycles. The standard InChI is InChI=1S/C6H7.C5H5.2C3H7.2ClH.H2Si.Zr/c1-6-4-2-3-5-6;1-2-4-5-3-1;2*1-3-2;;;;/h2,4H,3H2,1H3;1-3H,4H2;2*3H,1-2H3;2*1H;1H2;/q4*-1;;;;. The molecule has 2 rings (SSSR count). The number of halogens is 2. The van der Waals surface area contributed by atoms with Gasteiger partial charge in [-0.1, -0.05) is 6.92 Å². The third kappa shape index (κ3) is 44.9. The summed E-state index contributed by atoms with van der Waals surface area (Å²) >= 11 is 1.58. The molecule has 0 saturated carbocycles. The molecule has 0 bridgehead atoms. The Kier molecular flexibility index (Phi) is 58.9. The van der Waals surface area contributed by atoms with Crippen LogP contribution in [0, 0.1) is 25.0 Å². The van der Waals surface area contributed by atoms with E-state index in [-0.39, 0.29) is 24.8 Å². The van der Waals surface area contributed by atoms with Gasteiger partial charge in [-0.2, -0.15) is 39.8 Å². The molecule has 0 saturated heterocycles. The molecule has 0 aromatic heterocycles. The summed E-state index contributed by atoms with van der Waals surface area (Å²) < 4.78 is 0. The van der Waals surface area contributed by atoms with Crippen LogP contribution in [0.2, 0.25) is 0 Å². The molecular weight excluding hydrogens is 394 g/mol. The molecule has 0 N–H and O–H groups in total. The van der Waals surface area contributed by atoms with Crippen LogP contribution in [-0.2, 0) is 23.3 Å². The van der Waals surface area contributed by atoms with Gasteiger partial charge in [-0.05, 0) is 0 Å². The summed E-state index contributed by atoms with van der Waals surface area (Å²) in [7, 11) is 0. The summed E-state index contributed by atoms with van der Waals surface area (Å²) in [5, 5.41) is 0. The first kappa shape index (κ1) is 33.3. The molecule has 0 heterocycles. The molecule has 124 valence electrons. The Morgan fingerprint density at radius 1 is 1.00 bits per heavy atom. The zero-order chi connectivity index (χ0) is 15.4. The predicted octanol–water partition coefficient (Wildman–Crippen LogP) is 5.39. The van der Waals surface area contributed by atoms with Crippen molar-refractivity contribution in [1.82, 2.24) is 0 Å². The summed E-state index contributed by atoms with van der Waals surface area (Å²) in [5.41, 5.74) is 1.27. The van der Waals surface area contributed by atoms with Gasteiger partial charge in [-0.15, -0.1) is 37.7 Å². The van der Waals surface area contributed by atoms with Crippen LogP contribution in [0.15, 0.2) is 36.0 Å². The molecule has 0 aromatic carbocycles. The van der Waals surface area contributed by atoms with Gasteiger partial charge < -0.3 is 12.8 Å². The first-order chi connectivity index (χ1) is 9.22. The predicted molar refractivity (Wildman–Crippen MR) is 102 cm³/mol. The second-order valence-electron chi connectivity index (χ2n) is 3.62. The maximum absolute atomic E-state index is 3.12. The van der Waals surface area contributed by atoms with E-state index in [1.165, 1.54) is 5.57 Å². The fourth-order valence-electron chi connectivity index (χ4n) is 0.855. The van der Waals surface area contributed by atoms with Crippen molar-refractivity contribution in [2.75, 3.05) is 0 Å². The molecule has 21 heavy (non-hydrogen) atoms. The zero-order valence-electron chi connectivity index (χ0n) is 14.0. The normalized spacial score (nSPS) is 11.3. The SMILES string of the molecule is CC1=[C-]CC=C1.C[CH-]C.C[CH-]C.Cl.Cl.[C-]1=CC=CC1.[SiH2]=[Zr]. The molecule has 0 amide bonds. The first-order valence-corrected chi connectivity index (χ1v) is 12.4. The van der Waals surface area contributed by atoms with Crippen LogP contribution >= 0.6 is 24.8 Å². The van der Waals surface area contributed by atoms with Gasteiger partial charge in [0.05, 0.1) is 0 Å². The van der Waals surface area contributed by atoms with Crippen LogP contribution in [0.4, 0.5) is 0 Å². The van der Waals surface area contributed by atoms with Crippen molar-refractivity contribution in [2.45, 2.75) is 47.5 Å². The second-order valence-corrected chi connectivity index (χ2v) is 3.62. The molecule has 0 aromatic rings. The van der Waals surface area contributed by atoms with Crippen molar-refractivity contribution in [3.63, 3.8) is 0 Å². The van der Waals surface area contributed by atoms with Crippen molar-refractivity contribution >= 4 is 31.7 Å². The topological polar surface area (TPSA) is 0 Å². The number of allylic oxidation sites excluding steroid dienone is 8. The van der Waals surface area contributed by atoms with E-state index < -0.39 is 0 Å². The van der Waals surface area contributed by atoms with Gasteiger partial charge in [0.2, 0.25) is 0 Å². The van der Waals surface area contributed by atoms with Crippen LogP contribution in [0.3, 0.4) is 0 Å². The molecule has 0 atom stereocenters. The van der Waals surface area contributed by atoms with E-state index in [9.17, 15) is 0 Å². The quantitative estimate of drug-likeness (QED) is 0.361. The van der Waals surface area contributed by atoms with Crippen molar-refractivity contribution in [3.8, 4) is 0 Å². The van der Waals surface area contributed by atoms with Gasteiger partial charge in [0, 0.05) is 0 Å². The van der Waals surface area contributed by atoms with Crippen LogP contribution in [-0.4, -0.2) is 6.88 Å². The summed E-state index contributed by atoms with van der Waals surface area (Å²) in [4.78, 5) is 0. The fraction of sp³-hybridized carbons (Fsp3) is 0.412. The molecule has 0 spiro atoms. The fourth-order valence-corrected chi connectivity index (χ4v) is 0.855. The minimum atomic E-state index is 0. The Hall–Kier alpha value is 0.640. The van der Waals surface area contributed by atoms with Gasteiger partial charge in [0.15, 0.2) is 0 Å². The molecule has 2 aliphatic carbocycles. The van der Waals surface area contributed by atoms with E-state index in [1.54, 1.807) is 23.3 Å². The second kappa shape index (κ2) is 37.1. The Labute approximate surface area is 162 Å². The first-order valence-electron chi connectivity index (χ1n) is 6.51. The summed E-state index contributed by atoms with van der Waals surface area (Å²) in [6.07, 6.45) is 22.3. The van der Waals surface area contributed by atoms with Gasteiger partial charge in [-0.3, -0.25) is 12.2 Å². The Bertz CT molecular complexity index is 257. The van der Waals surface area contributed by atoms with Crippen molar-refractivity contribution in [2.24, 2.45) is 0 Å². The van der Waals surface area contributed by atoms with Crippen LogP contribution < -0.4 is 0 Å². The van der Waals surface area contributed by atoms with Gasteiger partial charge in [-0.25, -0.2) is 23.8 Å². The summed E-state index contributed by atoms with van der Waals surface area (Å²) in [6, 6.07) is 0. The van der Waals surface area contributed by atoms with Crippen molar-refractivity contribution in [1.29, 1.82) is 0 Å². The summed E-state index contributed by atoms with van der Waals surface area (Å²) in [5.74, 6) is 0. The molecule has 0 fully saturated rings. The van der Waals surface area contributed by atoms with Gasteiger partial charge in [0.25, 0.3) is 0 Å². The van der Waals surface area contributed by atoms with Crippen LogP contribution in [0.1, 0.15) is 47.5 Å². The maximum atomic E-state index is 3.12. The Balaban J connectivity index is -0.0000000527. The van der Waals surface area contributed by atoms with E-state index in [0.29, 0.717) is 0 Å². The van der Waals surface area contributed by atoms with E-state index in [2.05, 4.69) is 37.3 Å². The third-order valence-electron chi connectivity index (χ3n) is 1.45. The number of rotatable bonds is 0. The van der Waals surface area contributed by atoms with Gasteiger partial charge >= 0.3 is 30.2 Å². The summed E-state index contributed by atoms with van der Waals surface area (Å²) in [6.45, 7) is 12.0. The molecule has 0 radical (unpaired) electrons.